The zero-order chi connectivity index (χ0) is 22.8. The summed E-state index contributed by atoms with van der Waals surface area (Å²) in [4.78, 5) is 12.5. The summed E-state index contributed by atoms with van der Waals surface area (Å²) < 4.78 is 21.6. The number of rotatable bonds is 12. The molecule has 2 heterocycles. The fourth-order valence-corrected chi connectivity index (χ4v) is 4.70. The average Bonchev–Trinajstić information content (AvgIpc) is 3.27. The molecule has 0 bridgehead atoms. The van der Waals surface area contributed by atoms with Crippen molar-refractivity contribution in [3.8, 4) is 5.88 Å². The van der Waals surface area contributed by atoms with Crippen LogP contribution in [-0.2, 0) is 9.53 Å². The van der Waals surface area contributed by atoms with Gasteiger partial charge in [0, 0.05) is 18.4 Å². The highest BCUT2D eigenvalue weighted by atomic mass is 32.1. The topological polar surface area (TPSA) is 61.3 Å². The molecule has 6 nitrogen and oxygen atoms in total. The SMILES string of the molecule is CCCCCCOc1nsnc1C1=CCC[N+](C)(C(OC(=O)CCC)c2ccccc2)C1. The van der Waals surface area contributed by atoms with Crippen molar-refractivity contribution < 1.29 is 18.8 Å². The summed E-state index contributed by atoms with van der Waals surface area (Å²) in [6, 6.07) is 10.1. The first kappa shape index (κ1) is 24.4. The van der Waals surface area contributed by atoms with Crippen LogP contribution in [0.25, 0.3) is 5.57 Å². The van der Waals surface area contributed by atoms with Crippen LogP contribution < -0.4 is 4.74 Å². The van der Waals surface area contributed by atoms with Crippen LogP contribution in [0.4, 0.5) is 0 Å². The maximum absolute atomic E-state index is 12.5. The molecule has 0 aliphatic carbocycles. The molecular formula is C25H36N3O3S+. The summed E-state index contributed by atoms with van der Waals surface area (Å²) >= 11 is 1.19. The minimum Gasteiger partial charge on any atom is -0.475 e. The number of likely N-dealkylation sites (N-methyl/N-ethyl adjacent to an activating group) is 1. The van der Waals surface area contributed by atoms with E-state index in [1.54, 1.807) is 0 Å². The molecule has 2 atom stereocenters. The minimum atomic E-state index is -0.357. The van der Waals surface area contributed by atoms with E-state index in [1.807, 2.05) is 37.3 Å². The van der Waals surface area contributed by atoms with Crippen molar-refractivity contribution in [3.05, 3.63) is 47.7 Å². The molecule has 0 radical (unpaired) electrons. The third kappa shape index (κ3) is 6.39. The van der Waals surface area contributed by atoms with E-state index >= 15 is 0 Å². The first-order valence-electron chi connectivity index (χ1n) is 11.8. The van der Waals surface area contributed by atoms with Gasteiger partial charge in [0.2, 0.25) is 0 Å². The largest absolute Gasteiger partial charge is 0.475 e. The van der Waals surface area contributed by atoms with Crippen LogP contribution in [0.5, 0.6) is 5.88 Å². The van der Waals surface area contributed by atoms with Gasteiger partial charge in [-0.2, -0.15) is 4.37 Å². The fourth-order valence-electron chi connectivity index (χ4n) is 4.17. The molecule has 1 aromatic heterocycles. The predicted molar refractivity (Wildman–Crippen MR) is 128 cm³/mol. The Kier molecular flexibility index (Phi) is 9.23. The number of hydrogen-bond acceptors (Lipinski definition) is 6. The Labute approximate surface area is 196 Å². The van der Waals surface area contributed by atoms with Crippen LogP contribution in [-0.4, -0.2) is 45.9 Å². The minimum absolute atomic E-state index is 0.150. The number of aromatic nitrogens is 2. The summed E-state index contributed by atoms with van der Waals surface area (Å²) in [7, 11) is 2.16. The number of carbonyl (C=O) groups excluding carboxylic acids is 1. The van der Waals surface area contributed by atoms with Crippen molar-refractivity contribution in [1.82, 2.24) is 8.75 Å². The lowest BCUT2D eigenvalue weighted by molar-refractivity contribution is -0.953. The molecule has 0 fully saturated rings. The fraction of sp³-hybridized carbons (Fsp3) is 0.560. The van der Waals surface area contributed by atoms with E-state index in [4.69, 9.17) is 9.47 Å². The molecule has 1 aliphatic heterocycles. The Morgan fingerprint density at radius 3 is 2.69 bits per heavy atom. The predicted octanol–water partition coefficient (Wildman–Crippen LogP) is 5.77. The molecular weight excluding hydrogens is 422 g/mol. The van der Waals surface area contributed by atoms with E-state index in [-0.39, 0.29) is 12.2 Å². The van der Waals surface area contributed by atoms with Gasteiger partial charge < -0.3 is 9.47 Å². The van der Waals surface area contributed by atoms with Gasteiger partial charge in [0.15, 0.2) is 0 Å². The van der Waals surface area contributed by atoms with Gasteiger partial charge in [-0.1, -0.05) is 57.4 Å². The molecule has 174 valence electrons. The van der Waals surface area contributed by atoms with E-state index in [2.05, 4.69) is 28.8 Å². The highest BCUT2D eigenvalue weighted by Crippen LogP contribution is 2.37. The third-order valence-electron chi connectivity index (χ3n) is 5.91. The normalized spacial score (nSPS) is 19.3. The lowest BCUT2D eigenvalue weighted by Crippen LogP contribution is -2.51. The van der Waals surface area contributed by atoms with Crippen LogP contribution in [0.15, 0.2) is 36.4 Å². The summed E-state index contributed by atoms with van der Waals surface area (Å²) in [5.41, 5.74) is 2.97. The smallest absolute Gasteiger partial charge is 0.310 e. The number of esters is 1. The quantitative estimate of drug-likeness (QED) is 0.229. The van der Waals surface area contributed by atoms with E-state index in [9.17, 15) is 4.79 Å². The lowest BCUT2D eigenvalue weighted by atomic mass is 10.0. The van der Waals surface area contributed by atoms with Crippen molar-refractivity contribution in [2.75, 3.05) is 26.7 Å². The van der Waals surface area contributed by atoms with Gasteiger partial charge in [0.25, 0.3) is 12.1 Å². The van der Waals surface area contributed by atoms with Gasteiger partial charge >= 0.3 is 5.97 Å². The van der Waals surface area contributed by atoms with Gasteiger partial charge in [0.05, 0.1) is 37.5 Å². The van der Waals surface area contributed by atoms with Gasteiger partial charge in [-0.15, -0.1) is 4.37 Å². The standard InChI is InChI=1S/C25H36N3O3S/c1-4-6-7-11-18-30-24-23(26-32-27-24)21-16-12-17-28(3,19-21)25(31-22(29)13-5-2)20-14-9-8-10-15-20/h8-10,14-16,25H,4-7,11-13,17-19H2,1-3H3/q+1. The van der Waals surface area contributed by atoms with Gasteiger partial charge in [-0.3, -0.25) is 9.28 Å². The molecule has 1 aliphatic rings. The Morgan fingerprint density at radius 1 is 1.12 bits per heavy atom. The number of ether oxygens (including phenoxy) is 2. The molecule has 3 rings (SSSR count). The van der Waals surface area contributed by atoms with Crippen molar-refractivity contribution in [1.29, 1.82) is 0 Å². The van der Waals surface area contributed by atoms with Crippen LogP contribution in [0, 0.1) is 0 Å². The first-order chi connectivity index (χ1) is 15.6. The second-order valence-electron chi connectivity index (χ2n) is 8.71. The van der Waals surface area contributed by atoms with Gasteiger partial charge in [0.1, 0.15) is 12.2 Å². The number of nitrogens with zero attached hydrogens (tertiary/aromatic N) is 3. The van der Waals surface area contributed by atoms with E-state index < -0.39 is 0 Å². The lowest BCUT2D eigenvalue weighted by Gasteiger charge is -2.42. The second-order valence-corrected chi connectivity index (χ2v) is 9.24. The molecule has 32 heavy (non-hydrogen) atoms. The zero-order valence-electron chi connectivity index (χ0n) is 19.6. The zero-order valence-corrected chi connectivity index (χ0v) is 20.4. The second kappa shape index (κ2) is 12.1. The van der Waals surface area contributed by atoms with Crippen molar-refractivity contribution in [2.24, 2.45) is 0 Å². The molecule has 1 aromatic carbocycles. The Morgan fingerprint density at radius 2 is 1.94 bits per heavy atom. The number of quaternary nitrogens is 1. The Hall–Kier alpha value is -2.25. The molecule has 0 saturated carbocycles. The van der Waals surface area contributed by atoms with Crippen LogP contribution in [0.3, 0.4) is 0 Å². The van der Waals surface area contributed by atoms with E-state index in [1.165, 1.54) is 31.0 Å². The van der Waals surface area contributed by atoms with Gasteiger partial charge in [-0.25, -0.2) is 0 Å². The summed E-state index contributed by atoms with van der Waals surface area (Å²) in [5.74, 6) is 0.480. The number of carbonyl (C=O) groups is 1. The number of unbranched alkanes of at least 4 members (excludes halogenated alkanes) is 3. The van der Waals surface area contributed by atoms with Crippen LogP contribution >= 0.6 is 11.7 Å². The summed E-state index contributed by atoms with van der Waals surface area (Å²) in [5, 5.41) is 0. The van der Waals surface area contributed by atoms with Crippen molar-refractivity contribution in [2.45, 2.75) is 65.0 Å². The third-order valence-corrected chi connectivity index (χ3v) is 6.42. The maximum atomic E-state index is 12.5. The number of benzene rings is 1. The molecule has 0 spiro atoms. The average molecular weight is 459 g/mol. The van der Waals surface area contributed by atoms with E-state index in [0.717, 1.165) is 42.6 Å². The highest BCUT2D eigenvalue weighted by molar-refractivity contribution is 6.99. The van der Waals surface area contributed by atoms with Crippen LogP contribution in [0.1, 0.15) is 76.3 Å². The van der Waals surface area contributed by atoms with Crippen LogP contribution in [0.2, 0.25) is 0 Å². The van der Waals surface area contributed by atoms with Gasteiger partial charge in [-0.05, 0) is 25.0 Å². The molecule has 0 N–H and O–H groups in total. The van der Waals surface area contributed by atoms with E-state index in [0.29, 0.717) is 29.9 Å². The highest BCUT2D eigenvalue weighted by Gasteiger charge is 2.40. The van der Waals surface area contributed by atoms with Crippen molar-refractivity contribution in [3.63, 3.8) is 0 Å². The molecule has 0 saturated heterocycles. The number of hydrogen-bond donors (Lipinski definition) is 0. The Balaban J connectivity index is 1.77. The molecule has 0 amide bonds. The van der Waals surface area contributed by atoms with Crippen molar-refractivity contribution >= 4 is 23.3 Å². The molecule has 7 heteroatoms. The monoisotopic (exact) mass is 458 g/mol. The summed E-state index contributed by atoms with van der Waals surface area (Å²) in [6.07, 6.45) is 8.59. The Bertz CT molecular complexity index is 884. The first-order valence-corrected chi connectivity index (χ1v) is 12.5. The summed E-state index contributed by atoms with van der Waals surface area (Å²) in [6.45, 7) is 6.45. The maximum Gasteiger partial charge on any atom is 0.310 e. The molecule has 2 aromatic rings. The molecule has 2 unspecified atom stereocenters.